The summed E-state index contributed by atoms with van der Waals surface area (Å²) in [4.78, 5) is 27.0. The molecule has 4 aromatic carbocycles. The van der Waals surface area contributed by atoms with E-state index in [2.05, 4.69) is 10.5 Å². The predicted octanol–water partition coefficient (Wildman–Crippen LogP) is 5.70. The molecule has 0 aliphatic heterocycles. The van der Waals surface area contributed by atoms with Crippen molar-refractivity contribution >= 4 is 40.4 Å². The zero-order chi connectivity index (χ0) is 27.1. The summed E-state index contributed by atoms with van der Waals surface area (Å²) in [5.41, 5.74) is 5.74. The number of aryl methyl sites for hydroxylation is 1. The molecule has 0 fully saturated rings. The Bertz CT molecular complexity index is 1490. The van der Waals surface area contributed by atoms with Crippen LogP contribution >= 0.6 is 11.6 Å². The fourth-order valence-electron chi connectivity index (χ4n) is 3.93. The number of nitrogens with one attached hydrogen (secondary N) is 1. The molecule has 0 atom stereocenters. The van der Waals surface area contributed by atoms with Crippen molar-refractivity contribution in [2.24, 2.45) is 5.10 Å². The zero-order valence-electron chi connectivity index (χ0n) is 21.1. The summed E-state index contributed by atoms with van der Waals surface area (Å²) in [6.45, 7) is 5.00. The molecular formula is C30H28ClN3O4. The van der Waals surface area contributed by atoms with Crippen molar-refractivity contribution in [1.29, 1.82) is 0 Å². The standard InChI is InChI=1S/C30H28ClN3O4/c1-3-34(18-21-10-8-20(2)9-11-21)29(36)19-38-28-15-13-23(24-6-4-5-7-25(24)28)17-32-33-30(37)22-12-14-27(35)26(31)16-22/h4-17,35H,3,18-19H2,1-2H3,(H,33,37)/b32-17+. The van der Waals surface area contributed by atoms with Crippen LogP contribution in [0.5, 0.6) is 11.5 Å². The zero-order valence-corrected chi connectivity index (χ0v) is 21.9. The summed E-state index contributed by atoms with van der Waals surface area (Å²) >= 11 is 5.88. The Morgan fingerprint density at radius 3 is 2.47 bits per heavy atom. The first-order chi connectivity index (χ1) is 18.4. The van der Waals surface area contributed by atoms with Crippen molar-refractivity contribution in [3.63, 3.8) is 0 Å². The second-order valence-electron chi connectivity index (χ2n) is 8.75. The van der Waals surface area contributed by atoms with Crippen LogP contribution in [0.4, 0.5) is 0 Å². The molecule has 0 aliphatic rings. The molecule has 194 valence electrons. The maximum atomic E-state index is 12.9. The molecular weight excluding hydrogens is 502 g/mol. The third-order valence-corrected chi connectivity index (χ3v) is 6.38. The van der Waals surface area contributed by atoms with E-state index in [1.807, 2.05) is 68.4 Å². The van der Waals surface area contributed by atoms with E-state index in [0.29, 0.717) is 18.8 Å². The highest BCUT2D eigenvalue weighted by Crippen LogP contribution is 2.28. The highest BCUT2D eigenvalue weighted by atomic mass is 35.5. The summed E-state index contributed by atoms with van der Waals surface area (Å²) in [5, 5.41) is 15.4. The Morgan fingerprint density at radius 1 is 1.03 bits per heavy atom. The minimum Gasteiger partial charge on any atom is -0.506 e. The number of likely N-dealkylation sites (N-methyl/N-ethyl adjacent to an activating group) is 1. The number of ether oxygens (including phenoxy) is 1. The monoisotopic (exact) mass is 529 g/mol. The maximum absolute atomic E-state index is 12.9. The molecule has 2 N–H and O–H groups in total. The van der Waals surface area contributed by atoms with Gasteiger partial charge in [0, 0.05) is 29.6 Å². The smallest absolute Gasteiger partial charge is 0.271 e. The number of carbonyl (C=O) groups is 2. The number of hydrazone groups is 1. The van der Waals surface area contributed by atoms with Crippen molar-refractivity contribution in [2.75, 3.05) is 13.2 Å². The molecule has 0 bridgehead atoms. The molecule has 0 heterocycles. The van der Waals surface area contributed by atoms with Gasteiger partial charge in [0.1, 0.15) is 11.5 Å². The maximum Gasteiger partial charge on any atom is 0.271 e. The molecule has 4 rings (SSSR count). The molecule has 38 heavy (non-hydrogen) atoms. The Kier molecular flexibility index (Phi) is 8.61. The van der Waals surface area contributed by atoms with Crippen LogP contribution in [-0.2, 0) is 11.3 Å². The number of hydrogen-bond donors (Lipinski definition) is 2. The molecule has 0 unspecified atom stereocenters. The summed E-state index contributed by atoms with van der Waals surface area (Å²) in [6, 6.07) is 23.5. The van der Waals surface area contributed by atoms with Crippen molar-refractivity contribution < 1.29 is 19.4 Å². The molecule has 0 aromatic heterocycles. The second kappa shape index (κ2) is 12.3. The number of nitrogens with zero attached hydrogens (tertiary/aromatic N) is 2. The minimum atomic E-state index is -0.461. The van der Waals surface area contributed by atoms with E-state index in [1.54, 1.807) is 11.0 Å². The van der Waals surface area contributed by atoms with Gasteiger partial charge in [-0.15, -0.1) is 0 Å². The van der Waals surface area contributed by atoms with Gasteiger partial charge in [0.25, 0.3) is 11.8 Å². The number of phenols is 1. The van der Waals surface area contributed by atoms with Gasteiger partial charge in [-0.3, -0.25) is 9.59 Å². The highest BCUT2D eigenvalue weighted by Gasteiger charge is 2.15. The summed E-state index contributed by atoms with van der Waals surface area (Å²) in [6.07, 6.45) is 1.54. The lowest BCUT2D eigenvalue weighted by Crippen LogP contribution is -2.34. The van der Waals surface area contributed by atoms with Crippen LogP contribution < -0.4 is 10.2 Å². The fourth-order valence-corrected chi connectivity index (χ4v) is 4.11. The molecule has 4 aromatic rings. The molecule has 8 heteroatoms. The Hall–Kier alpha value is -4.36. The Labute approximate surface area is 226 Å². The minimum absolute atomic E-state index is 0.0810. The number of fused-ring (bicyclic) bond motifs is 1. The SMILES string of the molecule is CCN(Cc1ccc(C)cc1)C(=O)COc1ccc(/C=N/NC(=O)c2ccc(O)c(Cl)c2)c2ccccc12. The molecule has 2 amide bonds. The van der Waals surface area contributed by atoms with Crippen molar-refractivity contribution in [3.05, 3.63) is 106 Å². The van der Waals surface area contributed by atoms with Gasteiger partial charge in [0.15, 0.2) is 6.61 Å². The van der Waals surface area contributed by atoms with E-state index in [1.165, 1.54) is 30.0 Å². The molecule has 7 nitrogen and oxygen atoms in total. The highest BCUT2D eigenvalue weighted by molar-refractivity contribution is 6.32. The van der Waals surface area contributed by atoms with Gasteiger partial charge in [-0.1, -0.05) is 65.7 Å². The first-order valence-electron chi connectivity index (χ1n) is 12.2. The summed E-state index contributed by atoms with van der Waals surface area (Å²) in [7, 11) is 0. The van der Waals surface area contributed by atoms with Gasteiger partial charge < -0.3 is 14.7 Å². The van der Waals surface area contributed by atoms with Crippen molar-refractivity contribution in [2.45, 2.75) is 20.4 Å². The normalized spacial score (nSPS) is 11.0. The van der Waals surface area contributed by atoms with E-state index >= 15 is 0 Å². The number of carbonyl (C=O) groups excluding carboxylic acids is 2. The van der Waals surface area contributed by atoms with Gasteiger partial charge in [0.2, 0.25) is 0 Å². The number of hydrogen-bond acceptors (Lipinski definition) is 5. The topological polar surface area (TPSA) is 91.2 Å². The van der Waals surface area contributed by atoms with Crippen LogP contribution in [0.1, 0.15) is 34.0 Å². The van der Waals surface area contributed by atoms with E-state index in [0.717, 1.165) is 21.9 Å². The van der Waals surface area contributed by atoms with Gasteiger partial charge in [0.05, 0.1) is 11.2 Å². The lowest BCUT2D eigenvalue weighted by atomic mass is 10.0. The van der Waals surface area contributed by atoms with E-state index in [-0.39, 0.29) is 28.8 Å². The first-order valence-corrected chi connectivity index (χ1v) is 12.5. The number of aromatic hydroxyl groups is 1. The molecule has 0 aliphatic carbocycles. The van der Waals surface area contributed by atoms with Crippen molar-refractivity contribution in [3.8, 4) is 11.5 Å². The number of halogens is 1. The summed E-state index contributed by atoms with van der Waals surface area (Å²) in [5.74, 6) is -0.0759. The molecule has 0 radical (unpaired) electrons. The van der Waals surface area contributed by atoms with Gasteiger partial charge in [-0.2, -0.15) is 5.10 Å². The van der Waals surface area contributed by atoms with Crippen LogP contribution in [0, 0.1) is 6.92 Å². The third-order valence-electron chi connectivity index (χ3n) is 6.08. The van der Waals surface area contributed by atoms with Crippen LogP contribution in [0.25, 0.3) is 10.8 Å². The quantitative estimate of drug-likeness (QED) is 0.215. The van der Waals surface area contributed by atoms with Gasteiger partial charge in [-0.25, -0.2) is 5.43 Å². The van der Waals surface area contributed by atoms with Crippen LogP contribution in [0.3, 0.4) is 0 Å². The second-order valence-corrected chi connectivity index (χ2v) is 9.15. The number of rotatable bonds is 9. The largest absolute Gasteiger partial charge is 0.506 e. The van der Waals surface area contributed by atoms with Crippen LogP contribution in [0.2, 0.25) is 5.02 Å². The fraction of sp³-hybridized carbons (Fsp3) is 0.167. The van der Waals surface area contributed by atoms with E-state index < -0.39 is 5.91 Å². The van der Waals surface area contributed by atoms with Gasteiger partial charge in [-0.05, 0) is 55.1 Å². The average molecular weight is 530 g/mol. The number of amides is 2. The third kappa shape index (κ3) is 6.49. The average Bonchev–Trinajstić information content (AvgIpc) is 2.93. The molecule has 0 saturated heterocycles. The Balaban J connectivity index is 1.44. The van der Waals surface area contributed by atoms with E-state index in [9.17, 15) is 14.7 Å². The molecule has 0 spiro atoms. The number of benzene rings is 4. The molecule has 0 saturated carbocycles. The summed E-state index contributed by atoms with van der Waals surface area (Å²) < 4.78 is 5.96. The van der Waals surface area contributed by atoms with E-state index in [4.69, 9.17) is 16.3 Å². The Morgan fingerprint density at radius 2 is 1.76 bits per heavy atom. The van der Waals surface area contributed by atoms with Gasteiger partial charge >= 0.3 is 0 Å². The lowest BCUT2D eigenvalue weighted by molar-refractivity contribution is -0.133. The van der Waals surface area contributed by atoms with Crippen molar-refractivity contribution in [1.82, 2.24) is 10.3 Å². The van der Waals surface area contributed by atoms with Crippen LogP contribution in [0.15, 0.2) is 84.0 Å². The van der Waals surface area contributed by atoms with Crippen LogP contribution in [-0.4, -0.2) is 41.2 Å². The predicted molar refractivity (Wildman–Crippen MR) is 150 cm³/mol. The first kappa shape index (κ1) is 26.7. The number of phenolic OH excluding ortho intramolecular Hbond substituents is 1. The lowest BCUT2D eigenvalue weighted by Gasteiger charge is -2.21.